The van der Waals surface area contributed by atoms with Crippen molar-refractivity contribution in [1.29, 1.82) is 0 Å². The van der Waals surface area contributed by atoms with Gasteiger partial charge >= 0.3 is 0 Å². The molecule has 1 N–H and O–H groups in total. The number of nitrogens with zero attached hydrogens (tertiary/aromatic N) is 2. The smallest absolute Gasteiger partial charge is 0.0558 e. The predicted octanol–water partition coefficient (Wildman–Crippen LogP) is 2.11. The maximum atomic E-state index is 9.09. The Balaban J connectivity index is 1.60. The normalized spacial score (nSPS) is 24.5. The summed E-state index contributed by atoms with van der Waals surface area (Å²) in [7, 11) is 0. The molecule has 0 aromatic heterocycles. The van der Waals surface area contributed by atoms with Crippen LogP contribution in [0.5, 0.6) is 0 Å². The van der Waals surface area contributed by atoms with Gasteiger partial charge < -0.3 is 10.0 Å². The van der Waals surface area contributed by atoms with Gasteiger partial charge in [0.25, 0.3) is 0 Å². The Morgan fingerprint density at radius 3 is 2.71 bits per heavy atom. The fourth-order valence-electron chi connectivity index (χ4n) is 3.93. The van der Waals surface area contributed by atoms with Gasteiger partial charge in [-0.05, 0) is 55.8 Å². The zero-order valence-electron chi connectivity index (χ0n) is 13.0. The van der Waals surface area contributed by atoms with Crippen molar-refractivity contribution in [3.8, 4) is 0 Å². The van der Waals surface area contributed by atoms with Crippen LogP contribution in [0.25, 0.3) is 0 Å². The summed E-state index contributed by atoms with van der Waals surface area (Å²) in [5.74, 6) is 0.722. The molecule has 0 amide bonds. The summed E-state index contributed by atoms with van der Waals surface area (Å²) in [6.45, 7) is 6.94. The van der Waals surface area contributed by atoms with Crippen LogP contribution >= 0.6 is 0 Å². The summed E-state index contributed by atoms with van der Waals surface area (Å²) >= 11 is 0. The zero-order valence-corrected chi connectivity index (χ0v) is 13.0. The first-order chi connectivity index (χ1) is 10.4. The lowest BCUT2D eigenvalue weighted by atomic mass is 9.82. The number of aryl methyl sites for hydroxylation is 1. The second kappa shape index (κ2) is 7.39. The molecule has 1 aromatic rings. The van der Waals surface area contributed by atoms with E-state index >= 15 is 0 Å². The highest BCUT2D eigenvalue weighted by molar-refractivity contribution is 5.32. The van der Waals surface area contributed by atoms with Crippen LogP contribution in [0.4, 0.5) is 0 Å². The SMILES string of the molecule is OCCN1CCCN(CC2CCCc3ccccc32)CC1. The summed E-state index contributed by atoms with van der Waals surface area (Å²) in [6.07, 6.45) is 5.17. The molecule has 1 heterocycles. The summed E-state index contributed by atoms with van der Waals surface area (Å²) in [5, 5.41) is 9.09. The number of hydrogen-bond donors (Lipinski definition) is 1. The molecule has 1 aliphatic carbocycles. The van der Waals surface area contributed by atoms with Crippen molar-refractivity contribution < 1.29 is 5.11 Å². The van der Waals surface area contributed by atoms with Gasteiger partial charge in [0, 0.05) is 26.2 Å². The number of rotatable bonds is 4. The molecule has 116 valence electrons. The second-order valence-electron chi connectivity index (χ2n) is 6.51. The van der Waals surface area contributed by atoms with Gasteiger partial charge in [0.15, 0.2) is 0 Å². The monoisotopic (exact) mass is 288 g/mol. The van der Waals surface area contributed by atoms with Gasteiger partial charge in [-0.15, -0.1) is 0 Å². The van der Waals surface area contributed by atoms with E-state index in [1.807, 2.05) is 0 Å². The lowest BCUT2D eigenvalue weighted by Gasteiger charge is -2.31. The van der Waals surface area contributed by atoms with E-state index < -0.39 is 0 Å². The van der Waals surface area contributed by atoms with Crippen LogP contribution in [0.15, 0.2) is 24.3 Å². The fraction of sp³-hybridized carbons (Fsp3) is 0.667. The quantitative estimate of drug-likeness (QED) is 0.919. The molecular formula is C18H28N2O. The van der Waals surface area contributed by atoms with Crippen LogP contribution in [0, 0.1) is 0 Å². The zero-order chi connectivity index (χ0) is 14.5. The van der Waals surface area contributed by atoms with Crippen molar-refractivity contribution in [1.82, 2.24) is 9.80 Å². The van der Waals surface area contributed by atoms with Crippen LogP contribution in [-0.4, -0.2) is 60.8 Å². The average Bonchev–Trinajstić information content (AvgIpc) is 2.74. The molecule has 1 saturated heterocycles. The molecule has 0 radical (unpaired) electrons. The Kier molecular flexibility index (Phi) is 5.28. The molecule has 3 heteroatoms. The number of β-amino-alcohol motifs (C(OH)–C–C–N with tert-alkyl or cyclic N) is 1. The lowest BCUT2D eigenvalue weighted by molar-refractivity contribution is 0.194. The minimum atomic E-state index is 0.288. The van der Waals surface area contributed by atoms with E-state index in [4.69, 9.17) is 5.11 Å². The van der Waals surface area contributed by atoms with E-state index in [2.05, 4.69) is 34.1 Å². The summed E-state index contributed by atoms with van der Waals surface area (Å²) in [6, 6.07) is 9.03. The number of aliphatic hydroxyl groups is 1. The highest BCUT2D eigenvalue weighted by Gasteiger charge is 2.23. The molecule has 3 rings (SSSR count). The highest BCUT2D eigenvalue weighted by atomic mass is 16.3. The van der Waals surface area contributed by atoms with Crippen molar-refractivity contribution in [2.75, 3.05) is 45.9 Å². The Morgan fingerprint density at radius 1 is 1.00 bits per heavy atom. The lowest BCUT2D eigenvalue weighted by Crippen LogP contribution is -2.35. The summed E-state index contributed by atoms with van der Waals surface area (Å²) in [5.41, 5.74) is 3.17. The molecule has 0 bridgehead atoms. The molecule has 1 atom stereocenters. The Labute approximate surface area is 128 Å². The number of benzene rings is 1. The van der Waals surface area contributed by atoms with Crippen molar-refractivity contribution >= 4 is 0 Å². The van der Waals surface area contributed by atoms with Gasteiger partial charge in [0.05, 0.1) is 6.61 Å². The van der Waals surface area contributed by atoms with E-state index in [-0.39, 0.29) is 6.61 Å². The standard InChI is InChI=1S/C18H28N2O/c21-14-13-19-9-4-10-20(12-11-19)15-17-7-3-6-16-5-1-2-8-18(16)17/h1-2,5,8,17,21H,3-4,6-7,9-15H2. The predicted molar refractivity (Wildman–Crippen MR) is 86.7 cm³/mol. The molecule has 21 heavy (non-hydrogen) atoms. The van der Waals surface area contributed by atoms with Gasteiger partial charge in [-0.3, -0.25) is 4.90 Å². The minimum absolute atomic E-state index is 0.288. The third-order valence-corrected chi connectivity index (χ3v) is 5.07. The fourth-order valence-corrected chi connectivity index (χ4v) is 3.93. The molecule has 1 aromatic carbocycles. The first kappa shape index (κ1) is 15.0. The average molecular weight is 288 g/mol. The van der Waals surface area contributed by atoms with Crippen molar-refractivity contribution in [2.24, 2.45) is 0 Å². The maximum absolute atomic E-state index is 9.09. The third-order valence-electron chi connectivity index (χ3n) is 5.07. The van der Waals surface area contributed by atoms with Crippen LogP contribution < -0.4 is 0 Å². The van der Waals surface area contributed by atoms with E-state index in [0.29, 0.717) is 0 Å². The van der Waals surface area contributed by atoms with E-state index in [1.165, 1.54) is 38.8 Å². The molecule has 2 aliphatic rings. The van der Waals surface area contributed by atoms with Gasteiger partial charge in [-0.1, -0.05) is 24.3 Å². The van der Waals surface area contributed by atoms with Crippen LogP contribution in [0.2, 0.25) is 0 Å². The number of hydrogen-bond acceptors (Lipinski definition) is 3. The van der Waals surface area contributed by atoms with Gasteiger partial charge in [-0.2, -0.15) is 0 Å². The number of fused-ring (bicyclic) bond motifs is 1. The third kappa shape index (κ3) is 3.85. The highest BCUT2D eigenvalue weighted by Crippen LogP contribution is 2.32. The Hall–Kier alpha value is -0.900. The first-order valence-electron chi connectivity index (χ1n) is 8.50. The van der Waals surface area contributed by atoms with Crippen LogP contribution in [-0.2, 0) is 6.42 Å². The molecule has 1 unspecified atom stereocenters. The molecule has 1 fully saturated rings. The number of aliphatic hydroxyl groups excluding tert-OH is 1. The van der Waals surface area contributed by atoms with Gasteiger partial charge in [0.2, 0.25) is 0 Å². The minimum Gasteiger partial charge on any atom is -0.395 e. The molecule has 1 aliphatic heterocycles. The molecule has 0 spiro atoms. The topological polar surface area (TPSA) is 26.7 Å². The van der Waals surface area contributed by atoms with Crippen molar-refractivity contribution in [3.63, 3.8) is 0 Å². The van der Waals surface area contributed by atoms with Crippen molar-refractivity contribution in [3.05, 3.63) is 35.4 Å². The Bertz CT molecular complexity index is 449. The largest absolute Gasteiger partial charge is 0.395 e. The summed E-state index contributed by atoms with van der Waals surface area (Å²) < 4.78 is 0. The van der Waals surface area contributed by atoms with E-state index in [0.717, 1.165) is 32.1 Å². The maximum Gasteiger partial charge on any atom is 0.0558 e. The Morgan fingerprint density at radius 2 is 1.81 bits per heavy atom. The van der Waals surface area contributed by atoms with Crippen molar-refractivity contribution in [2.45, 2.75) is 31.6 Å². The first-order valence-corrected chi connectivity index (χ1v) is 8.50. The second-order valence-corrected chi connectivity index (χ2v) is 6.51. The van der Waals surface area contributed by atoms with Crippen LogP contribution in [0.1, 0.15) is 36.3 Å². The van der Waals surface area contributed by atoms with E-state index in [9.17, 15) is 0 Å². The van der Waals surface area contributed by atoms with Gasteiger partial charge in [-0.25, -0.2) is 0 Å². The van der Waals surface area contributed by atoms with E-state index in [1.54, 1.807) is 11.1 Å². The van der Waals surface area contributed by atoms with Crippen LogP contribution in [0.3, 0.4) is 0 Å². The molecular weight excluding hydrogens is 260 g/mol. The molecule has 3 nitrogen and oxygen atoms in total. The van der Waals surface area contributed by atoms with Gasteiger partial charge in [0.1, 0.15) is 0 Å². The summed E-state index contributed by atoms with van der Waals surface area (Å²) in [4.78, 5) is 5.04. The molecule has 0 saturated carbocycles.